The van der Waals surface area contributed by atoms with Crippen LogP contribution in [0.1, 0.15) is 28.9 Å². The highest BCUT2D eigenvalue weighted by Crippen LogP contribution is 2.32. The van der Waals surface area contributed by atoms with Gasteiger partial charge in [-0.05, 0) is 37.9 Å². The van der Waals surface area contributed by atoms with Crippen LogP contribution in [0, 0.1) is 0 Å². The van der Waals surface area contributed by atoms with Crippen molar-refractivity contribution < 1.29 is 4.79 Å². The first-order valence-corrected chi connectivity index (χ1v) is 8.54. The topological polar surface area (TPSA) is 58.1 Å². The summed E-state index contributed by atoms with van der Waals surface area (Å²) in [5.74, 6) is 0.147. The lowest BCUT2D eigenvalue weighted by Crippen LogP contribution is -2.42. The largest absolute Gasteiger partial charge is 0.331 e. The Hall–Kier alpha value is -1.79. The molecule has 1 amide bonds. The summed E-state index contributed by atoms with van der Waals surface area (Å²) in [5.41, 5.74) is 1.01. The van der Waals surface area contributed by atoms with Gasteiger partial charge in [0, 0.05) is 36.6 Å². The van der Waals surface area contributed by atoms with E-state index >= 15 is 0 Å². The summed E-state index contributed by atoms with van der Waals surface area (Å²) >= 11 is 1.48. The number of carbonyl (C=O) groups is 1. The van der Waals surface area contributed by atoms with Crippen molar-refractivity contribution in [1.29, 1.82) is 0 Å². The molecule has 0 radical (unpaired) electrons. The number of hydrogen-bond donors (Lipinski definition) is 1. The Morgan fingerprint density at radius 1 is 1.23 bits per heavy atom. The first kappa shape index (κ1) is 13.8. The van der Waals surface area contributed by atoms with E-state index < -0.39 is 0 Å². The predicted molar refractivity (Wildman–Crippen MR) is 85.8 cm³/mol. The second-order valence-corrected chi connectivity index (χ2v) is 6.89. The molecule has 2 bridgehead atoms. The highest BCUT2D eigenvalue weighted by atomic mass is 32.1. The van der Waals surface area contributed by atoms with Crippen molar-refractivity contribution in [2.45, 2.75) is 31.3 Å². The number of fused-ring (bicyclic) bond motifs is 2. The molecule has 0 saturated carbocycles. The fourth-order valence-electron chi connectivity index (χ4n) is 3.44. The van der Waals surface area contributed by atoms with Gasteiger partial charge in [0.05, 0.1) is 6.20 Å². The van der Waals surface area contributed by atoms with Crippen molar-refractivity contribution >= 4 is 17.2 Å². The number of thiazole rings is 1. The number of carbonyl (C=O) groups excluding carboxylic acids is 1. The minimum atomic E-state index is 0.147. The van der Waals surface area contributed by atoms with Crippen LogP contribution < -0.4 is 5.32 Å². The molecule has 5 nitrogen and oxygen atoms in total. The highest BCUT2D eigenvalue weighted by Gasteiger charge is 2.38. The highest BCUT2D eigenvalue weighted by molar-refractivity contribution is 7.16. The van der Waals surface area contributed by atoms with Gasteiger partial charge in [-0.25, -0.2) is 4.98 Å². The molecule has 114 valence electrons. The maximum absolute atomic E-state index is 12.9. The van der Waals surface area contributed by atoms with E-state index in [9.17, 15) is 4.79 Å². The third kappa shape index (κ3) is 2.42. The number of aromatic nitrogens is 2. The molecule has 6 heteroatoms. The standard InChI is InChI=1S/C16H18N4OS/c21-16(20-12-1-2-13(20)9-18-8-5-12)14-10-19-15(22-14)11-3-6-17-7-4-11/h3-4,6-7,10,12-13,18H,1-2,5,8-9H2. The molecule has 1 N–H and O–H groups in total. The van der Waals surface area contributed by atoms with Gasteiger partial charge in [-0.1, -0.05) is 0 Å². The summed E-state index contributed by atoms with van der Waals surface area (Å²) in [4.78, 5) is 24.2. The van der Waals surface area contributed by atoms with Gasteiger partial charge in [0.1, 0.15) is 9.88 Å². The molecule has 2 aromatic heterocycles. The molecule has 4 heterocycles. The lowest BCUT2D eigenvalue weighted by Gasteiger charge is -2.27. The maximum atomic E-state index is 12.9. The van der Waals surface area contributed by atoms with Crippen LogP contribution in [0.3, 0.4) is 0 Å². The van der Waals surface area contributed by atoms with Crippen LogP contribution in [-0.2, 0) is 0 Å². The van der Waals surface area contributed by atoms with Gasteiger partial charge < -0.3 is 10.2 Å². The van der Waals surface area contributed by atoms with Crippen LogP contribution in [0.2, 0.25) is 0 Å². The number of amides is 1. The van der Waals surface area contributed by atoms with Gasteiger partial charge in [-0.15, -0.1) is 11.3 Å². The monoisotopic (exact) mass is 314 g/mol. The smallest absolute Gasteiger partial charge is 0.266 e. The molecule has 0 spiro atoms. The van der Waals surface area contributed by atoms with Crippen molar-refractivity contribution in [3.05, 3.63) is 35.6 Å². The SMILES string of the molecule is O=C(c1cnc(-c2ccncc2)s1)N1C2CCNCC1CC2. The first-order valence-electron chi connectivity index (χ1n) is 7.72. The fraction of sp³-hybridized carbons (Fsp3) is 0.438. The molecule has 0 aromatic carbocycles. The number of hydrogen-bond acceptors (Lipinski definition) is 5. The molecule has 2 aliphatic heterocycles. The van der Waals surface area contributed by atoms with Crippen LogP contribution in [-0.4, -0.2) is 45.9 Å². The van der Waals surface area contributed by atoms with Crippen LogP contribution in [0.5, 0.6) is 0 Å². The normalized spacial score (nSPS) is 24.3. The Kier molecular flexibility index (Phi) is 3.63. The molecule has 2 unspecified atom stereocenters. The lowest BCUT2D eigenvalue weighted by molar-refractivity contribution is 0.0685. The molecule has 2 aromatic rings. The Labute approximate surface area is 133 Å². The lowest BCUT2D eigenvalue weighted by atomic mass is 10.1. The molecule has 0 aliphatic carbocycles. The zero-order valence-electron chi connectivity index (χ0n) is 12.2. The summed E-state index contributed by atoms with van der Waals surface area (Å²) < 4.78 is 0. The summed E-state index contributed by atoms with van der Waals surface area (Å²) in [6.07, 6.45) is 8.52. The molecule has 2 fully saturated rings. The van der Waals surface area contributed by atoms with Gasteiger partial charge in [-0.3, -0.25) is 9.78 Å². The zero-order chi connectivity index (χ0) is 14.9. The van der Waals surface area contributed by atoms with Crippen LogP contribution in [0.4, 0.5) is 0 Å². The molecule has 22 heavy (non-hydrogen) atoms. The maximum Gasteiger partial charge on any atom is 0.266 e. The summed E-state index contributed by atoms with van der Waals surface area (Å²) in [6, 6.07) is 4.57. The zero-order valence-corrected chi connectivity index (χ0v) is 13.1. The third-order valence-electron chi connectivity index (χ3n) is 4.53. The minimum absolute atomic E-state index is 0.147. The average molecular weight is 314 g/mol. The number of nitrogens with one attached hydrogen (secondary N) is 1. The third-order valence-corrected chi connectivity index (χ3v) is 5.57. The van der Waals surface area contributed by atoms with Crippen molar-refractivity contribution in [2.24, 2.45) is 0 Å². The van der Waals surface area contributed by atoms with E-state index in [1.54, 1.807) is 18.6 Å². The van der Waals surface area contributed by atoms with Gasteiger partial charge >= 0.3 is 0 Å². The van der Waals surface area contributed by atoms with E-state index in [1.165, 1.54) is 11.3 Å². The van der Waals surface area contributed by atoms with Gasteiger partial charge in [0.2, 0.25) is 0 Å². The Balaban J connectivity index is 1.60. The molecular weight excluding hydrogens is 296 g/mol. The van der Waals surface area contributed by atoms with E-state index in [2.05, 4.69) is 20.2 Å². The summed E-state index contributed by atoms with van der Waals surface area (Å²) in [7, 11) is 0. The minimum Gasteiger partial charge on any atom is -0.331 e. The van der Waals surface area contributed by atoms with Gasteiger partial charge in [-0.2, -0.15) is 0 Å². The Morgan fingerprint density at radius 2 is 2.05 bits per heavy atom. The van der Waals surface area contributed by atoms with Crippen LogP contribution >= 0.6 is 11.3 Å². The summed E-state index contributed by atoms with van der Waals surface area (Å²) in [5, 5.41) is 4.31. The number of pyridine rings is 1. The Bertz CT molecular complexity index is 658. The van der Waals surface area contributed by atoms with Crippen LogP contribution in [0.25, 0.3) is 10.6 Å². The van der Waals surface area contributed by atoms with E-state index in [4.69, 9.17) is 0 Å². The molecule has 2 aliphatic rings. The van der Waals surface area contributed by atoms with Crippen LogP contribution in [0.15, 0.2) is 30.7 Å². The second-order valence-electron chi connectivity index (χ2n) is 5.86. The second kappa shape index (κ2) is 5.78. The fourth-order valence-corrected chi connectivity index (χ4v) is 4.31. The van der Waals surface area contributed by atoms with Crippen molar-refractivity contribution in [3.8, 4) is 10.6 Å². The van der Waals surface area contributed by atoms with Gasteiger partial charge in [0.15, 0.2) is 0 Å². The quantitative estimate of drug-likeness (QED) is 0.923. The van der Waals surface area contributed by atoms with Crippen molar-refractivity contribution in [3.63, 3.8) is 0 Å². The van der Waals surface area contributed by atoms with Crippen molar-refractivity contribution in [1.82, 2.24) is 20.2 Å². The van der Waals surface area contributed by atoms with E-state index in [0.29, 0.717) is 12.1 Å². The van der Waals surface area contributed by atoms with E-state index in [-0.39, 0.29) is 5.91 Å². The molecule has 2 atom stereocenters. The van der Waals surface area contributed by atoms with E-state index in [1.807, 2.05) is 12.1 Å². The molecule has 2 saturated heterocycles. The predicted octanol–water partition coefficient (Wildman–Crippen LogP) is 2.17. The number of nitrogens with zero attached hydrogens (tertiary/aromatic N) is 3. The van der Waals surface area contributed by atoms with Crippen molar-refractivity contribution in [2.75, 3.05) is 13.1 Å². The molecular formula is C16H18N4OS. The summed E-state index contributed by atoms with van der Waals surface area (Å²) in [6.45, 7) is 1.92. The van der Waals surface area contributed by atoms with Gasteiger partial charge in [0.25, 0.3) is 5.91 Å². The average Bonchev–Trinajstić information content (AvgIpc) is 3.12. The van der Waals surface area contributed by atoms with E-state index in [0.717, 1.165) is 47.8 Å². The first-order chi connectivity index (χ1) is 10.8. The Morgan fingerprint density at radius 3 is 2.91 bits per heavy atom. The molecule has 4 rings (SSSR count). The number of rotatable bonds is 2.